The first kappa shape index (κ1) is 25.5. The second-order valence-electron chi connectivity index (χ2n) is 7.99. The molecule has 1 aliphatic carbocycles. The largest absolute Gasteiger partial charge is 0.497 e. The monoisotopic (exact) mass is 487 g/mol. The van der Waals surface area contributed by atoms with Gasteiger partial charge >= 0.3 is 11.9 Å². The Bertz CT molecular complexity index is 1080. The Labute approximate surface area is 200 Å². The lowest BCUT2D eigenvalue weighted by Crippen LogP contribution is -2.43. The Morgan fingerprint density at radius 1 is 1.06 bits per heavy atom. The summed E-state index contributed by atoms with van der Waals surface area (Å²) in [5.41, 5.74) is 1.36. The van der Waals surface area contributed by atoms with Crippen LogP contribution >= 0.6 is 0 Å². The minimum atomic E-state index is -4.04. The molecule has 34 heavy (non-hydrogen) atoms. The minimum absolute atomic E-state index is 0.0847. The van der Waals surface area contributed by atoms with Crippen molar-refractivity contribution in [2.45, 2.75) is 50.9 Å². The summed E-state index contributed by atoms with van der Waals surface area (Å²) in [5, 5.41) is 0.953. The van der Waals surface area contributed by atoms with E-state index in [1.807, 2.05) is 6.07 Å². The van der Waals surface area contributed by atoms with Gasteiger partial charge in [0, 0.05) is 5.41 Å². The van der Waals surface area contributed by atoms with Crippen LogP contribution in [0.4, 0.5) is 0 Å². The van der Waals surface area contributed by atoms with E-state index in [0.29, 0.717) is 16.9 Å². The van der Waals surface area contributed by atoms with Crippen LogP contribution in [-0.4, -0.2) is 39.6 Å². The fourth-order valence-corrected chi connectivity index (χ4v) is 4.52. The fourth-order valence-electron chi connectivity index (χ4n) is 3.53. The number of esters is 2. The number of hydrogen-bond donors (Lipinski definition) is 1. The highest BCUT2D eigenvalue weighted by Gasteiger charge is 2.30. The number of carbonyl (C=O) groups excluding carboxylic acids is 2. The van der Waals surface area contributed by atoms with Crippen LogP contribution in [0, 0.1) is 0 Å². The number of nitrogens with one attached hydrogen (secondary N) is 1. The second-order valence-corrected chi connectivity index (χ2v) is 9.58. The zero-order valence-corrected chi connectivity index (χ0v) is 19.8. The van der Waals surface area contributed by atoms with Crippen LogP contribution in [0.25, 0.3) is 6.08 Å². The van der Waals surface area contributed by atoms with Crippen molar-refractivity contribution in [1.29, 1.82) is 0 Å². The van der Waals surface area contributed by atoms with Gasteiger partial charge in [-0.15, -0.1) is 0 Å². The Morgan fingerprint density at radius 3 is 2.38 bits per heavy atom. The lowest BCUT2D eigenvalue weighted by atomic mass is 10.2. The van der Waals surface area contributed by atoms with Gasteiger partial charge in [-0.1, -0.05) is 42.5 Å². The van der Waals surface area contributed by atoms with Crippen LogP contribution in [0.2, 0.25) is 0 Å². The van der Waals surface area contributed by atoms with E-state index < -0.39 is 34.4 Å². The molecule has 0 radical (unpaired) electrons. The number of hydrogen-bond acceptors (Lipinski definition) is 7. The summed E-state index contributed by atoms with van der Waals surface area (Å²) in [6.45, 7) is -0.0847. The molecule has 3 rings (SSSR count). The van der Waals surface area contributed by atoms with Crippen LogP contribution in [0.1, 0.15) is 43.2 Å². The van der Waals surface area contributed by atoms with Crippen molar-refractivity contribution in [3.8, 4) is 5.75 Å². The van der Waals surface area contributed by atoms with Crippen molar-refractivity contribution in [2.75, 3.05) is 7.11 Å². The highest BCUT2D eigenvalue weighted by Crippen LogP contribution is 2.22. The predicted octanol–water partition coefficient (Wildman–Crippen LogP) is 3.57. The first-order valence-corrected chi connectivity index (χ1v) is 12.6. The zero-order valence-electron chi connectivity index (χ0n) is 19.0. The van der Waals surface area contributed by atoms with Crippen molar-refractivity contribution < 1.29 is 32.2 Å². The van der Waals surface area contributed by atoms with E-state index in [2.05, 4.69) is 4.72 Å². The molecule has 182 valence electrons. The molecule has 0 bridgehead atoms. The van der Waals surface area contributed by atoms with Gasteiger partial charge in [0.15, 0.2) is 0 Å². The van der Waals surface area contributed by atoms with Crippen molar-refractivity contribution in [3.63, 3.8) is 0 Å². The zero-order chi connectivity index (χ0) is 24.4. The molecule has 0 amide bonds. The maximum Gasteiger partial charge on any atom is 0.325 e. The van der Waals surface area contributed by atoms with Crippen LogP contribution in [0.5, 0.6) is 5.75 Å². The van der Waals surface area contributed by atoms with E-state index in [1.165, 1.54) is 6.08 Å². The van der Waals surface area contributed by atoms with E-state index in [-0.39, 0.29) is 12.7 Å². The molecular formula is C25H29NO7S. The van der Waals surface area contributed by atoms with Crippen LogP contribution < -0.4 is 9.46 Å². The molecule has 9 heteroatoms. The molecule has 1 fully saturated rings. The standard InChI is InChI=1S/C25H29NO7S/c1-31-21-13-11-20(12-14-21)18-32-25(28)23(17-24(27)33-22-9-5-6-10-22)26-34(29,30)16-15-19-7-3-2-4-8-19/h2-4,7-8,11-16,22-23,26H,5-6,9-10,17-18H2,1H3/b16-15+/t23-/m0/s1. The second kappa shape index (κ2) is 12.3. The highest BCUT2D eigenvalue weighted by atomic mass is 32.2. The number of methoxy groups -OCH3 is 1. The summed E-state index contributed by atoms with van der Waals surface area (Å²) in [6.07, 6.45) is 4.23. The molecule has 2 aromatic rings. The summed E-state index contributed by atoms with van der Waals surface area (Å²) in [6, 6.07) is 14.3. The van der Waals surface area contributed by atoms with Crippen LogP contribution in [0.3, 0.4) is 0 Å². The molecule has 1 N–H and O–H groups in total. The van der Waals surface area contributed by atoms with Gasteiger partial charge in [-0.25, -0.2) is 8.42 Å². The Kier molecular flexibility index (Phi) is 9.24. The topological polar surface area (TPSA) is 108 Å². The highest BCUT2D eigenvalue weighted by molar-refractivity contribution is 7.92. The van der Waals surface area contributed by atoms with Crippen molar-refractivity contribution >= 4 is 28.0 Å². The number of rotatable bonds is 11. The van der Waals surface area contributed by atoms with E-state index in [1.54, 1.807) is 55.6 Å². The molecule has 0 spiro atoms. The normalized spacial score (nSPS) is 15.2. The molecule has 1 saturated carbocycles. The molecule has 0 aliphatic heterocycles. The minimum Gasteiger partial charge on any atom is -0.497 e. The third-order valence-corrected chi connectivity index (χ3v) is 6.45. The van der Waals surface area contributed by atoms with E-state index >= 15 is 0 Å². The molecular weight excluding hydrogens is 458 g/mol. The molecule has 0 saturated heterocycles. The van der Waals surface area contributed by atoms with E-state index in [9.17, 15) is 18.0 Å². The first-order chi connectivity index (χ1) is 16.3. The summed E-state index contributed by atoms with van der Waals surface area (Å²) >= 11 is 0. The van der Waals surface area contributed by atoms with E-state index in [4.69, 9.17) is 14.2 Å². The van der Waals surface area contributed by atoms with Crippen molar-refractivity contribution in [1.82, 2.24) is 4.72 Å². The van der Waals surface area contributed by atoms with Crippen molar-refractivity contribution in [3.05, 3.63) is 71.1 Å². The quantitative estimate of drug-likeness (QED) is 0.483. The van der Waals surface area contributed by atoms with Gasteiger partial charge in [0.05, 0.1) is 13.5 Å². The number of sulfonamides is 1. The Balaban J connectivity index is 1.67. The molecule has 2 aromatic carbocycles. The maximum atomic E-state index is 12.8. The summed E-state index contributed by atoms with van der Waals surface area (Å²) < 4.78 is 43.3. The summed E-state index contributed by atoms with van der Waals surface area (Å²) in [5.74, 6) is -0.857. The van der Waals surface area contributed by atoms with Gasteiger partial charge in [-0.2, -0.15) is 4.72 Å². The predicted molar refractivity (Wildman–Crippen MR) is 127 cm³/mol. The SMILES string of the molecule is COc1ccc(COC(=O)[C@H](CC(=O)OC2CCCC2)NS(=O)(=O)/C=C/c2ccccc2)cc1. The van der Waals surface area contributed by atoms with Gasteiger partial charge < -0.3 is 14.2 Å². The summed E-state index contributed by atoms with van der Waals surface area (Å²) in [4.78, 5) is 25.2. The molecule has 8 nitrogen and oxygen atoms in total. The van der Waals surface area contributed by atoms with Gasteiger partial charge in [0.2, 0.25) is 10.0 Å². The smallest absolute Gasteiger partial charge is 0.325 e. The van der Waals surface area contributed by atoms with Gasteiger partial charge in [-0.3, -0.25) is 9.59 Å². The molecule has 1 aliphatic rings. The third-order valence-electron chi connectivity index (χ3n) is 5.34. The number of benzene rings is 2. The summed E-state index contributed by atoms with van der Waals surface area (Å²) in [7, 11) is -2.50. The third kappa shape index (κ3) is 8.31. The lowest BCUT2D eigenvalue weighted by Gasteiger charge is -2.18. The van der Waals surface area contributed by atoms with Gasteiger partial charge in [-0.05, 0) is 55.0 Å². The average molecular weight is 488 g/mol. The number of ether oxygens (including phenoxy) is 3. The van der Waals surface area contributed by atoms with Gasteiger partial charge in [0.25, 0.3) is 0 Å². The fraction of sp³-hybridized carbons (Fsp3) is 0.360. The Hall–Kier alpha value is -3.17. The van der Waals surface area contributed by atoms with Crippen LogP contribution in [0.15, 0.2) is 60.0 Å². The lowest BCUT2D eigenvalue weighted by molar-refractivity contribution is -0.155. The molecule has 1 atom stereocenters. The Morgan fingerprint density at radius 2 is 1.74 bits per heavy atom. The van der Waals surface area contributed by atoms with Crippen molar-refractivity contribution in [2.24, 2.45) is 0 Å². The molecule has 0 aromatic heterocycles. The average Bonchev–Trinajstić information content (AvgIpc) is 3.34. The number of carbonyl (C=O) groups is 2. The van der Waals surface area contributed by atoms with Crippen LogP contribution in [-0.2, 0) is 35.7 Å². The first-order valence-electron chi connectivity index (χ1n) is 11.1. The van der Waals surface area contributed by atoms with Gasteiger partial charge in [0.1, 0.15) is 24.5 Å². The maximum absolute atomic E-state index is 12.8. The molecule has 0 unspecified atom stereocenters. The van der Waals surface area contributed by atoms with E-state index in [0.717, 1.165) is 31.1 Å². The molecule has 0 heterocycles.